The Hall–Kier alpha value is -4.55. The fraction of sp³-hybridized carbons (Fsp3) is 0.182. The standard InChI is InChI=1S/C33H27N3O3/c1-20-5-7-24-15-26(11-9-22(24)13-20)30-18-38-32(35-30)28-3-2-4-29(34-28)33-36-31(19-39-33)27-12-10-23-14-21(17-37)6-8-25(23)16-27/h2-16,30-31,37H,17-19H2,1H3/t30-,31-/m1/s1. The van der Waals surface area contributed by atoms with Crippen LogP contribution >= 0.6 is 0 Å². The summed E-state index contributed by atoms with van der Waals surface area (Å²) in [4.78, 5) is 14.5. The summed E-state index contributed by atoms with van der Waals surface area (Å²) in [7, 11) is 0. The van der Waals surface area contributed by atoms with Gasteiger partial charge < -0.3 is 14.6 Å². The maximum absolute atomic E-state index is 9.40. The van der Waals surface area contributed by atoms with Crippen molar-refractivity contribution in [1.82, 2.24) is 4.98 Å². The van der Waals surface area contributed by atoms with Crippen LogP contribution in [0.5, 0.6) is 0 Å². The SMILES string of the molecule is Cc1ccc2cc([C@H]3COC(c4cccc(C5=N[C@@H](c6ccc7cc(CO)ccc7c6)CO5)n4)=N3)ccc2c1. The predicted octanol–water partition coefficient (Wildman–Crippen LogP) is 6.22. The molecule has 0 amide bonds. The highest BCUT2D eigenvalue weighted by Gasteiger charge is 2.26. The Kier molecular flexibility index (Phi) is 5.82. The number of aliphatic hydroxyl groups excluding tert-OH is 1. The van der Waals surface area contributed by atoms with Gasteiger partial charge in [-0.15, -0.1) is 0 Å². The maximum atomic E-state index is 9.40. The van der Waals surface area contributed by atoms with Gasteiger partial charge in [0.2, 0.25) is 11.8 Å². The molecule has 0 spiro atoms. The van der Waals surface area contributed by atoms with Crippen LogP contribution in [0.3, 0.4) is 0 Å². The first-order valence-corrected chi connectivity index (χ1v) is 13.2. The molecule has 2 aliphatic rings. The Morgan fingerprint density at radius 2 is 1.21 bits per heavy atom. The first-order chi connectivity index (χ1) is 19.1. The number of ether oxygens (including phenoxy) is 2. The lowest BCUT2D eigenvalue weighted by Gasteiger charge is -2.08. The minimum absolute atomic E-state index is 0.0369. The minimum Gasteiger partial charge on any atom is -0.474 e. The molecule has 39 heavy (non-hydrogen) atoms. The highest BCUT2D eigenvalue weighted by Crippen LogP contribution is 2.30. The molecule has 0 bridgehead atoms. The summed E-state index contributed by atoms with van der Waals surface area (Å²) in [6, 6.07) is 30.8. The van der Waals surface area contributed by atoms with Crippen molar-refractivity contribution in [1.29, 1.82) is 0 Å². The van der Waals surface area contributed by atoms with Crippen molar-refractivity contribution < 1.29 is 14.6 Å². The van der Waals surface area contributed by atoms with Crippen molar-refractivity contribution in [3.8, 4) is 0 Å². The maximum Gasteiger partial charge on any atom is 0.236 e. The summed E-state index contributed by atoms with van der Waals surface area (Å²) < 4.78 is 12.0. The zero-order chi connectivity index (χ0) is 26.3. The third-order valence-corrected chi connectivity index (χ3v) is 7.39. The van der Waals surface area contributed by atoms with Crippen LogP contribution in [0.2, 0.25) is 0 Å². The number of aryl methyl sites for hydroxylation is 1. The van der Waals surface area contributed by atoms with Gasteiger partial charge in [-0.25, -0.2) is 15.0 Å². The monoisotopic (exact) mass is 513 g/mol. The van der Waals surface area contributed by atoms with Gasteiger partial charge in [0, 0.05) is 0 Å². The van der Waals surface area contributed by atoms with E-state index >= 15 is 0 Å². The molecule has 6 heteroatoms. The van der Waals surface area contributed by atoms with E-state index in [0.717, 1.165) is 27.5 Å². The third kappa shape index (κ3) is 4.53. The molecule has 2 atom stereocenters. The molecular weight excluding hydrogens is 486 g/mol. The molecule has 192 valence electrons. The lowest BCUT2D eigenvalue weighted by atomic mass is 10.0. The van der Waals surface area contributed by atoms with Crippen LogP contribution < -0.4 is 0 Å². The van der Waals surface area contributed by atoms with Gasteiger partial charge in [-0.2, -0.15) is 0 Å². The largest absolute Gasteiger partial charge is 0.474 e. The predicted molar refractivity (Wildman–Crippen MR) is 153 cm³/mol. The van der Waals surface area contributed by atoms with Gasteiger partial charge in [-0.3, -0.25) is 0 Å². The molecule has 0 radical (unpaired) electrons. The zero-order valence-electron chi connectivity index (χ0n) is 21.5. The smallest absolute Gasteiger partial charge is 0.236 e. The number of hydrogen-bond acceptors (Lipinski definition) is 6. The van der Waals surface area contributed by atoms with Crippen LogP contribution in [0.25, 0.3) is 21.5 Å². The van der Waals surface area contributed by atoms with Gasteiger partial charge in [-0.05, 0) is 75.5 Å². The number of aliphatic hydroxyl groups is 1. The molecule has 0 fully saturated rings. The van der Waals surface area contributed by atoms with E-state index in [1.807, 2.05) is 36.4 Å². The number of pyridine rings is 1. The van der Waals surface area contributed by atoms with Crippen molar-refractivity contribution in [2.75, 3.05) is 13.2 Å². The number of fused-ring (bicyclic) bond motifs is 2. The van der Waals surface area contributed by atoms with E-state index in [1.165, 1.54) is 16.3 Å². The van der Waals surface area contributed by atoms with E-state index < -0.39 is 0 Å². The van der Waals surface area contributed by atoms with Crippen molar-refractivity contribution in [2.24, 2.45) is 9.98 Å². The van der Waals surface area contributed by atoms with Crippen molar-refractivity contribution >= 4 is 33.3 Å². The van der Waals surface area contributed by atoms with E-state index in [9.17, 15) is 5.11 Å². The Bertz CT molecular complexity index is 1790. The molecule has 1 N–H and O–H groups in total. The van der Waals surface area contributed by atoms with Crippen molar-refractivity contribution in [2.45, 2.75) is 25.6 Å². The van der Waals surface area contributed by atoms with Crippen molar-refractivity contribution in [3.05, 3.63) is 125 Å². The number of rotatable bonds is 5. The van der Waals surface area contributed by atoms with E-state index in [-0.39, 0.29) is 18.7 Å². The number of hydrogen-bond donors (Lipinski definition) is 1. The molecule has 5 aromatic rings. The first kappa shape index (κ1) is 23.6. The second-order valence-corrected chi connectivity index (χ2v) is 10.1. The van der Waals surface area contributed by atoms with Gasteiger partial charge >= 0.3 is 0 Å². The topological polar surface area (TPSA) is 76.3 Å². The second-order valence-electron chi connectivity index (χ2n) is 10.1. The first-order valence-electron chi connectivity index (χ1n) is 13.2. The number of aromatic nitrogens is 1. The van der Waals surface area contributed by atoms with Crippen LogP contribution in [-0.4, -0.2) is 35.1 Å². The van der Waals surface area contributed by atoms with E-state index in [0.29, 0.717) is 36.4 Å². The zero-order valence-corrected chi connectivity index (χ0v) is 21.5. The van der Waals surface area contributed by atoms with Gasteiger partial charge in [0.25, 0.3) is 0 Å². The van der Waals surface area contributed by atoms with E-state index in [1.54, 1.807) is 0 Å². The summed E-state index contributed by atoms with van der Waals surface area (Å²) in [5.41, 5.74) is 5.71. The molecule has 0 saturated heterocycles. The molecule has 3 heterocycles. The number of aliphatic imine (C=N–C) groups is 2. The normalized spacial score (nSPS) is 18.6. The number of benzene rings is 4. The lowest BCUT2D eigenvalue weighted by Crippen LogP contribution is -2.09. The Morgan fingerprint density at radius 1 is 0.667 bits per heavy atom. The summed E-state index contributed by atoms with van der Waals surface area (Å²) in [6.07, 6.45) is 0. The molecule has 6 nitrogen and oxygen atoms in total. The average Bonchev–Trinajstić information content (AvgIpc) is 3.68. The number of nitrogens with zero attached hydrogens (tertiary/aromatic N) is 3. The average molecular weight is 514 g/mol. The van der Waals surface area contributed by atoms with Crippen LogP contribution in [0.4, 0.5) is 0 Å². The fourth-order valence-electron chi connectivity index (χ4n) is 5.25. The van der Waals surface area contributed by atoms with Gasteiger partial charge in [0.05, 0.1) is 6.61 Å². The lowest BCUT2D eigenvalue weighted by molar-refractivity contribution is 0.282. The highest BCUT2D eigenvalue weighted by molar-refractivity contribution is 5.97. The summed E-state index contributed by atoms with van der Waals surface area (Å²) >= 11 is 0. The minimum atomic E-state index is -0.103. The van der Waals surface area contributed by atoms with Crippen molar-refractivity contribution in [3.63, 3.8) is 0 Å². The van der Waals surface area contributed by atoms with Gasteiger partial charge in [0.15, 0.2) is 0 Å². The molecule has 0 unspecified atom stereocenters. The molecule has 7 rings (SSSR count). The van der Waals surface area contributed by atoms with E-state index in [2.05, 4.69) is 61.5 Å². The van der Waals surface area contributed by atoms with Crippen LogP contribution in [-0.2, 0) is 16.1 Å². The highest BCUT2D eigenvalue weighted by atomic mass is 16.5. The summed E-state index contributed by atoms with van der Waals surface area (Å²) in [5.74, 6) is 1.07. The molecule has 4 aromatic carbocycles. The molecule has 2 aliphatic heterocycles. The third-order valence-electron chi connectivity index (χ3n) is 7.39. The Morgan fingerprint density at radius 3 is 1.82 bits per heavy atom. The Balaban J connectivity index is 1.12. The molecule has 0 aliphatic carbocycles. The Labute approximate surface area is 226 Å². The van der Waals surface area contributed by atoms with Crippen LogP contribution in [0.15, 0.2) is 101 Å². The van der Waals surface area contributed by atoms with Crippen LogP contribution in [0.1, 0.15) is 45.7 Å². The summed E-state index contributed by atoms with van der Waals surface area (Å²) in [6.45, 7) is 3.09. The second kappa shape index (κ2) is 9.64. The molecule has 0 saturated carbocycles. The quantitative estimate of drug-likeness (QED) is 0.303. The van der Waals surface area contributed by atoms with Gasteiger partial charge in [-0.1, -0.05) is 66.2 Å². The van der Waals surface area contributed by atoms with Gasteiger partial charge in [0.1, 0.15) is 36.7 Å². The summed E-state index contributed by atoms with van der Waals surface area (Å²) in [5, 5.41) is 14.0. The molecule has 1 aromatic heterocycles. The molecular formula is C33H27N3O3. The fourth-order valence-corrected chi connectivity index (χ4v) is 5.25. The van der Waals surface area contributed by atoms with E-state index in [4.69, 9.17) is 24.4 Å². The van der Waals surface area contributed by atoms with Crippen LogP contribution in [0, 0.1) is 6.92 Å².